The van der Waals surface area contributed by atoms with Crippen LogP contribution in [0.4, 0.5) is 0 Å². The van der Waals surface area contributed by atoms with E-state index in [0.717, 1.165) is 25.7 Å². The Morgan fingerprint density at radius 2 is 2.17 bits per heavy atom. The summed E-state index contributed by atoms with van der Waals surface area (Å²) in [6.07, 6.45) is 5.37. The molecule has 0 unspecified atom stereocenters. The molecule has 8 heteroatoms. The molecule has 1 amide bonds. The first kappa shape index (κ1) is 14.6. The molecule has 4 rings (SSSR count). The molecule has 0 aromatic carbocycles. The highest BCUT2D eigenvalue weighted by Crippen LogP contribution is 2.40. The second-order valence-electron chi connectivity index (χ2n) is 6.04. The molecule has 23 heavy (non-hydrogen) atoms. The quantitative estimate of drug-likeness (QED) is 0.858. The van der Waals surface area contributed by atoms with Crippen molar-refractivity contribution in [2.75, 3.05) is 6.54 Å². The number of hydrogen-bond acceptors (Lipinski definition) is 6. The summed E-state index contributed by atoms with van der Waals surface area (Å²) in [7, 11) is 0. The van der Waals surface area contributed by atoms with Gasteiger partial charge >= 0.3 is 0 Å². The molecule has 7 nitrogen and oxygen atoms in total. The van der Waals surface area contributed by atoms with E-state index in [-0.39, 0.29) is 22.7 Å². The van der Waals surface area contributed by atoms with Crippen molar-refractivity contribution in [2.45, 2.75) is 44.6 Å². The molecule has 2 fully saturated rings. The molecule has 2 aromatic rings. The maximum Gasteiger partial charge on any atom is 0.274 e. The minimum atomic E-state index is -0.208. The van der Waals surface area contributed by atoms with Crippen LogP contribution in [0.5, 0.6) is 0 Å². The molecule has 120 valence electrons. The Bertz CT molecular complexity index is 758. The van der Waals surface area contributed by atoms with Gasteiger partial charge in [0, 0.05) is 12.5 Å². The van der Waals surface area contributed by atoms with E-state index in [2.05, 4.69) is 20.1 Å². The van der Waals surface area contributed by atoms with E-state index in [1.165, 1.54) is 6.20 Å². The van der Waals surface area contributed by atoms with Crippen molar-refractivity contribution >= 4 is 17.5 Å². The summed E-state index contributed by atoms with van der Waals surface area (Å²) in [4.78, 5) is 27.2. The topological polar surface area (TPSA) is 85.0 Å². The molecule has 2 aromatic heterocycles. The molecule has 0 radical (unpaired) electrons. The second kappa shape index (κ2) is 5.56. The maximum atomic E-state index is 12.8. The summed E-state index contributed by atoms with van der Waals surface area (Å²) in [5, 5.41) is 4.34. The third-order valence-electron chi connectivity index (χ3n) is 4.26. The van der Waals surface area contributed by atoms with Gasteiger partial charge in [0.2, 0.25) is 5.89 Å². The Kier molecular flexibility index (Phi) is 3.52. The smallest absolute Gasteiger partial charge is 0.274 e. The lowest BCUT2D eigenvalue weighted by molar-refractivity contribution is 0.0722. The maximum absolute atomic E-state index is 12.8. The van der Waals surface area contributed by atoms with Gasteiger partial charge in [-0.05, 0) is 32.6 Å². The predicted octanol–water partition coefficient (Wildman–Crippen LogP) is 2.68. The number of nitrogens with zero attached hydrogens (tertiary/aromatic N) is 5. The standard InChI is InChI=1S/C15H16ClN5O2/c1-8-17-7-10(16)12(18-8)15(22)21-6-2-3-11(21)13-19-14(23-20-13)9-4-5-9/h7,9,11H,2-6H2,1H3/t11-/m1/s1. The average molecular weight is 334 g/mol. The van der Waals surface area contributed by atoms with Gasteiger partial charge in [-0.15, -0.1) is 0 Å². The zero-order chi connectivity index (χ0) is 16.0. The predicted molar refractivity (Wildman–Crippen MR) is 81.1 cm³/mol. The van der Waals surface area contributed by atoms with Gasteiger partial charge in [0.25, 0.3) is 5.91 Å². The molecular weight excluding hydrogens is 318 g/mol. The van der Waals surface area contributed by atoms with Crippen molar-refractivity contribution in [3.8, 4) is 0 Å². The number of amides is 1. The van der Waals surface area contributed by atoms with E-state index in [1.54, 1.807) is 11.8 Å². The van der Waals surface area contributed by atoms with Gasteiger partial charge in [-0.1, -0.05) is 16.8 Å². The number of carbonyl (C=O) groups excluding carboxylic acids is 1. The van der Waals surface area contributed by atoms with E-state index in [0.29, 0.717) is 30.0 Å². The fraction of sp³-hybridized carbons (Fsp3) is 0.533. The van der Waals surface area contributed by atoms with Crippen LogP contribution in [-0.2, 0) is 0 Å². The highest BCUT2D eigenvalue weighted by molar-refractivity contribution is 6.33. The van der Waals surface area contributed by atoms with E-state index in [1.807, 2.05) is 0 Å². The lowest BCUT2D eigenvalue weighted by atomic mass is 10.2. The Morgan fingerprint density at radius 1 is 1.35 bits per heavy atom. The van der Waals surface area contributed by atoms with Crippen LogP contribution in [-0.4, -0.2) is 37.5 Å². The molecule has 0 spiro atoms. The van der Waals surface area contributed by atoms with Crippen molar-refractivity contribution in [2.24, 2.45) is 0 Å². The Morgan fingerprint density at radius 3 is 2.96 bits per heavy atom. The fourth-order valence-corrected chi connectivity index (χ4v) is 3.07. The summed E-state index contributed by atoms with van der Waals surface area (Å²) in [5.74, 6) is 1.99. The van der Waals surface area contributed by atoms with Crippen molar-refractivity contribution in [1.82, 2.24) is 25.0 Å². The first-order valence-corrected chi connectivity index (χ1v) is 8.15. The third kappa shape index (κ3) is 2.69. The van der Waals surface area contributed by atoms with Crippen LogP contribution >= 0.6 is 11.6 Å². The van der Waals surface area contributed by atoms with Gasteiger partial charge < -0.3 is 9.42 Å². The number of hydrogen-bond donors (Lipinski definition) is 0. The minimum absolute atomic E-state index is 0.176. The van der Waals surface area contributed by atoms with Crippen LogP contribution in [0.2, 0.25) is 5.02 Å². The third-order valence-corrected chi connectivity index (χ3v) is 4.54. The largest absolute Gasteiger partial charge is 0.339 e. The van der Waals surface area contributed by atoms with Gasteiger partial charge in [-0.25, -0.2) is 9.97 Å². The molecule has 1 saturated heterocycles. The zero-order valence-electron chi connectivity index (χ0n) is 12.7. The van der Waals surface area contributed by atoms with Gasteiger partial charge in [0.05, 0.1) is 17.3 Å². The Hall–Kier alpha value is -2.02. The SMILES string of the molecule is Cc1ncc(Cl)c(C(=O)N2CCC[C@@H]2c2noc(C3CC3)n2)n1. The minimum Gasteiger partial charge on any atom is -0.339 e. The van der Waals surface area contributed by atoms with E-state index < -0.39 is 0 Å². The van der Waals surface area contributed by atoms with E-state index in [9.17, 15) is 4.79 Å². The lowest BCUT2D eigenvalue weighted by Gasteiger charge is -2.22. The van der Waals surface area contributed by atoms with Crippen LogP contribution in [0.3, 0.4) is 0 Å². The van der Waals surface area contributed by atoms with Crippen molar-refractivity contribution in [1.29, 1.82) is 0 Å². The number of likely N-dealkylation sites (tertiary alicyclic amines) is 1. The second-order valence-corrected chi connectivity index (χ2v) is 6.44. The summed E-state index contributed by atoms with van der Waals surface area (Å²) >= 11 is 6.09. The van der Waals surface area contributed by atoms with Gasteiger partial charge in [0.1, 0.15) is 5.82 Å². The number of halogens is 1. The van der Waals surface area contributed by atoms with Crippen molar-refractivity contribution < 1.29 is 9.32 Å². The molecule has 1 atom stereocenters. The molecule has 1 aliphatic carbocycles. The van der Waals surface area contributed by atoms with Crippen LogP contribution in [0.25, 0.3) is 0 Å². The summed E-state index contributed by atoms with van der Waals surface area (Å²) in [5.41, 5.74) is 0.233. The van der Waals surface area contributed by atoms with Crippen LogP contribution < -0.4 is 0 Å². The number of rotatable bonds is 3. The summed E-state index contributed by atoms with van der Waals surface area (Å²) in [6, 6.07) is -0.176. The molecule has 0 N–H and O–H groups in total. The van der Waals surface area contributed by atoms with Crippen molar-refractivity contribution in [3.63, 3.8) is 0 Å². The Balaban J connectivity index is 1.61. The highest BCUT2D eigenvalue weighted by Gasteiger charge is 2.37. The lowest BCUT2D eigenvalue weighted by Crippen LogP contribution is -2.32. The molecular formula is C15H16ClN5O2. The molecule has 2 aliphatic rings. The monoisotopic (exact) mass is 333 g/mol. The van der Waals surface area contributed by atoms with Gasteiger partial charge in [-0.2, -0.15) is 4.98 Å². The van der Waals surface area contributed by atoms with Crippen molar-refractivity contribution in [3.05, 3.63) is 34.5 Å². The highest BCUT2D eigenvalue weighted by atomic mass is 35.5. The van der Waals surface area contributed by atoms with Crippen LogP contribution in [0, 0.1) is 6.92 Å². The number of carbonyl (C=O) groups is 1. The molecule has 1 saturated carbocycles. The summed E-state index contributed by atoms with van der Waals surface area (Å²) < 4.78 is 5.33. The molecule has 3 heterocycles. The van der Waals surface area contributed by atoms with E-state index in [4.69, 9.17) is 16.1 Å². The summed E-state index contributed by atoms with van der Waals surface area (Å²) in [6.45, 7) is 2.37. The molecule has 1 aliphatic heterocycles. The Labute approximate surface area is 138 Å². The van der Waals surface area contributed by atoms with Gasteiger partial charge in [0.15, 0.2) is 11.5 Å². The van der Waals surface area contributed by atoms with Gasteiger partial charge in [-0.3, -0.25) is 4.79 Å². The first-order chi connectivity index (χ1) is 11.1. The zero-order valence-corrected chi connectivity index (χ0v) is 13.5. The number of aromatic nitrogens is 4. The average Bonchev–Trinajstić information content (AvgIpc) is 3.09. The normalized spacial score (nSPS) is 21.0. The van der Waals surface area contributed by atoms with Crippen LogP contribution in [0.15, 0.2) is 10.7 Å². The number of aryl methyl sites for hydroxylation is 1. The first-order valence-electron chi connectivity index (χ1n) is 7.77. The molecule has 0 bridgehead atoms. The van der Waals surface area contributed by atoms with E-state index >= 15 is 0 Å². The fourth-order valence-electron chi connectivity index (χ4n) is 2.90. The van der Waals surface area contributed by atoms with Crippen LogP contribution in [0.1, 0.15) is 65.7 Å².